The van der Waals surface area contributed by atoms with Crippen molar-refractivity contribution < 1.29 is 24.2 Å². The molecule has 0 aromatic heterocycles. The average Bonchev–Trinajstić information content (AvgIpc) is 2.50. The molecule has 1 aromatic rings. The van der Waals surface area contributed by atoms with Crippen molar-refractivity contribution in [2.75, 3.05) is 6.61 Å². The Kier molecular flexibility index (Phi) is 8.12. The lowest BCUT2D eigenvalue weighted by atomic mass is 10.1. The molecule has 1 rings (SSSR count). The minimum atomic E-state index is -1.22. The van der Waals surface area contributed by atoms with Crippen molar-refractivity contribution in [1.82, 2.24) is 10.6 Å². The van der Waals surface area contributed by atoms with Crippen molar-refractivity contribution in [2.24, 2.45) is 5.73 Å². The van der Waals surface area contributed by atoms with Crippen LogP contribution in [0.4, 0.5) is 4.79 Å². The van der Waals surface area contributed by atoms with Gasteiger partial charge >= 0.3 is 12.1 Å². The van der Waals surface area contributed by atoms with Crippen LogP contribution in [0, 0.1) is 5.41 Å². The van der Waals surface area contributed by atoms with Gasteiger partial charge in [0.1, 0.15) is 6.04 Å². The van der Waals surface area contributed by atoms with Gasteiger partial charge in [0.15, 0.2) is 0 Å². The van der Waals surface area contributed by atoms with Crippen LogP contribution in [0.5, 0.6) is 0 Å². The summed E-state index contributed by atoms with van der Waals surface area (Å²) in [5.41, 5.74) is 5.63. The minimum absolute atomic E-state index is 0.0898. The standard InChI is InChI=1S/C14H16Cl2N4O5/c15-8-2-1-3-9(16)7(8)6-11(21)19-13(18)20-14(24)25-5-4-10(17)12(22)23/h1-3,10H,4-6,17H2,(H,22,23)(H3,18,19,20,21,24)/t10-/m0/s1. The zero-order chi connectivity index (χ0) is 19.0. The molecule has 0 fully saturated rings. The third-order valence-electron chi connectivity index (χ3n) is 2.87. The molecular weight excluding hydrogens is 375 g/mol. The van der Waals surface area contributed by atoms with Gasteiger partial charge in [0.25, 0.3) is 0 Å². The zero-order valence-electron chi connectivity index (χ0n) is 12.8. The molecule has 0 aliphatic rings. The van der Waals surface area contributed by atoms with Gasteiger partial charge in [0, 0.05) is 16.5 Å². The molecule has 0 radical (unpaired) electrons. The first kappa shape index (κ1) is 20.7. The van der Waals surface area contributed by atoms with Gasteiger partial charge in [0.2, 0.25) is 11.9 Å². The smallest absolute Gasteiger partial charge is 0.413 e. The van der Waals surface area contributed by atoms with Crippen LogP contribution in [0.25, 0.3) is 0 Å². The Hall–Kier alpha value is -2.36. The second-order valence-electron chi connectivity index (χ2n) is 4.79. The number of nitrogens with one attached hydrogen (secondary N) is 3. The highest BCUT2D eigenvalue weighted by molar-refractivity contribution is 6.36. The van der Waals surface area contributed by atoms with Crippen LogP contribution in [-0.4, -0.2) is 41.7 Å². The third-order valence-corrected chi connectivity index (χ3v) is 3.58. The summed E-state index contributed by atoms with van der Waals surface area (Å²) in [6.07, 6.45) is -1.31. The summed E-state index contributed by atoms with van der Waals surface area (Å²) in [6.45, 7) is -0.254. The summed E-state index contributed by atoms with van der Waals surface area (Å²) in [5, 5.41) is 20.7. The van der Waals surface area contributed by atoms with E-state index in [0.717, 1.165) is 0 Å². The van der Waals surface area contributed by atoms with Gasteiger partial charge in [-0.15, -0.1) is 0 Å². The molecule has 0 saturated heterocycles. The lowest BCUT2D eigenvalue weighted by Crippen LogP contribution is -2.44. The number of rotatable bonds is 6. The number of amides is 2. The molecule has 0 saturated carbocycles. The van der Waals surface area contributed by atoms with Gasteiger partial charge in [-0.2, -0.15) is 0 Å². The Balaban J connectivity index is 2.39. The van der Waals surface area contributed by atoms with E-state index in [1.165, 1.54) is 0 Å². The van der Waals surface area contributed by atoms with Gasteiger partial charge < -0.3 is 15.6 Å². The molecule has 6 N–H and O–H groups in total. The number of carboxylic acid groups (broad SMARTS) is 1. The number of ether oxygens (including phenoxy) is 1. The van der Waals surface area contributed by atoms with Crippen LogP contribution < -0.4 is 16.4 Å². The molecule has 1 aromatic carbocycles. The summed E-state index contributed by atoms with van der Waals surface area (Å²) in [7, 11) is 0. The predicted octanol–water partition coefficient (Wildman–Crippen LogP) is 1.12. The number of hydrogen-bond acceptors (Lipinski definition) is 6. The van der Waals surface area contributed by atoms with Gasteiger partial charge in [-0.1, -0.05) is 29.3 Å². The van der Waals surface area contributed by atoms with E-state index < -0.39 is 30.0 Å². The van der Waals surface area contributed by atoms with Crippen molar-refractivity contribution in [3.8, 4) is 0 Å². The van der Waals surface area contributed by atoms with Crippen LogP contribution in [0.2, 0.25) is 10.0 Å². The Labute approximate surface area is 152 Å². The van der Waals surface area contributed by atoms with E-state index in [9.17, 15) is 14.4 Å². The summed E-state index contributed by atoms with van der Waals surface area (Å²) in [6, 6.07) is 3.60. The summed E-state index contributed by atoms with van der Waals surface area (Å²) >= 11 is 11.9. The highest BCUT2D eigenvalue weighted by Crippen LogP contribution is 2.24. The van der Waals surface area contributed by atoms with Crippen LogP contribution >= 0.6 is 23.2 Å². The maximum absolute atomic E-state index is 11.8. The molecule has 2 amide bonds. The van der Waals surface area contributed by atoms with E-state index in [1.54, 1.807) is 18.2 Å². The number of aliphatic carboxylic acids is 1. The molecule has 136 valence electrons. The fraction of sp³-hybridized carbons (Fsp3) is 0.286. The van der Waals surface area contributed by atoms with Gasteiger partial charge in [-0.25, -0.2) is 4.79 Å². The number of carbonyl (C=O) groups excluding carboxylic acids is 2. The maximum atomic E-state index is 11.8. The van der Waals surface area contributed by atoms with Crippen LogP contribution in [0.15, 0.2) is 18.2 Å². The summed E-state index contributed by atoms with van der Waals surface area (Å²) in [4.78, 5) is 33.7. The quantitative estimate of drug-likeness (QED) is 0.362. The van der Waals surface area contributed by atoms with Crippen LogP contribution in [0.1, 0.15) is 12.0 Å². The first-order valence-electron chi connectivity index (χ1n) is 6.94. The molecule has 25 heavy (non-hydrogen) atoms. The molecule has 0 spiro atoms. The molecule has 0 heterocycles. The summed E-state index contributed by atoms with van der Waals surface area (Å²) in [5.74, 6) is -2.45. The average molecular weight is 391 g/mol. The number of carbonyl (C=O) groups is 3. The van der Waals surface area contributed by atoms with Crippen molar-refractivity contribution >= 4 is 47.1 Å². The Morgan fingerprint density at radius 3 is 2.40 bits per heavy atom. The second-order valence-corrected chi connectivity index (χ2v) is 5.61. The molecule has 1 atom stereocenters. The number of halogens is 2. The predicted molar refractivity (Wildman–Crippen MR) is 90.7 cm³/mol. The number of hydrogen-bond donors (Lipinski definition) is 5. The molecular formula is C14H16Cl2N4O5. The SMILES string of the molecule is N=C(NC(=O)Cc1c(Cl)cccc1Cl)NC(=O)OCC[C@H](N)C(=O)O. The van der Waals surface area contributed by atoms with Gasteiger partial charge in [0.05, 0.1) is 13.0 Å². The number of alkyl carbamates (subject to hydrolysis) is 1. The summed E-state index contributed by atoms with van der Waals surface area (Å²) < 4.78 is 4.64. The number of benzene rings is 1. The molecule has 0 aliphatic carbocycles. The minimum Gasteiger partial charge on any atom is -0.480 e. The fourth-order valence-corrected chi connectivity index (χ4v) is 2.15. The highest BCUT2D eigenvalue weighted by atomic mass is 35.5. The topological polar surface area (TPSA) is 155 Å². The first-order valence-corrected chi connectivity index (χ1v) is 7.69. The number of guanidine groups is 1. The van der Waals surface area contributed by atoms with Crippen LogP contribution in [-0.2, 0) is 20.7 Å². The molecule has 0 unspecified atom stereocenters. The largest absolute Gasteiger partial charge is 0.480 e. The highest BCUT2D eigenvalue weighted by Gasteiger charge is 2.15. The molecule has 0 bridgehead atoms. The fourth-order valence-electron chi connectivity index (χ4n) is 1.62. The molecule has 0 aliphatic heterocycles. The van der Waals surface area contributed by atoms with Crippen molar-refractivity contribution in [3.05, 3.63) is 33.8 Å². The van der Waals surface area contributed by atoms with E-state index in [0.29, 0.717) is 15.6 Å². The maximum Gasteiger partial charge on any atom is 0.413 e. The normalized spacial score (nSPS) is 11.3. The van der Waals surface area contributed by atoms with Gasteiger partial charge in [-0.05, 0) is 17.7 Å². The van der Waals surface area contributed by atoms with E-state index in [2.05, 4.69) is 10.1 Å². The molecule has 11 heteroatoms. The van der Waals surface area contributed by atoms with E-state index >= 15 is 0 Å². The van der Waals surface area contributed by atoms with Crippen LogP contribution in [0.3, 0.4) is 0 Å². The van der Waals surface area contributed by atoms with Crippen molar-refractivity contribution in [1.29, 1.82) is 5.41 Å². The Bertz CT molecular complexity index is 663. The molecule has 9 nitrogen and oxygen atoms in total. The van der Waals surface area contributed by atoms with E-state index in [-0.39, 0.29) is 19.4 Å². The Morgan fingerprint density at radius 1 is 1.24 bits per heavy atom. The number of nitrogens with two attached hydrogens (primary N) is 1. The third kappa shape index (κ3) is 7.38. The second kappa shape index (κ2) is 9.82. The van der Waals surface area contributed by atoms with Gasteiger partial charge in [-0.3, -0.25) is 25.6 Å². The lowest BCUT2D eigenvalue weighted by Gasteiger charge is -2.11. The van der Waals surface area contributed by atoms with E-state index in [4.69, 9.17) is 39.5 Å². The monoisotopic (exact) mass is 390 g/mol. The Morgan fingerprint density at radius 2 is 1.84 bits per heavy atom. The van der Waals surface area contributed by atoms with Crippen molar-refractivity contribution in [2.45, 2.75) is 18.9 Å². The lowest BCUT2D eigenvalue weighted by molar-refractivity contribution is -0.138. The number of carboxylic acids is 1. The van der Waals surface area contributed by atoms with Crippen molar-refractivity contribution in [3.63, 3.8) is 0 Å². The van der Waals surface area contributed by atoms with E-state index in [1.807, 2.05) is 5.32 Å². The first-order chi connectivity index (χ1) is 11.7. The zero-order valence-corrected chi connectivity index (χ0v) is 14.4.